The van der Waals surface area contributed by atoms with Gasteiger partial charge in [0.15, 0.2) is 0 Å². The largest absolute Gasteiger partial charge is 0.378 e. The molecule has 0 aromatic heterocycles. The zero-order valence-corrected chi connectivity index (χ0v) is 12.3. The summed E-state index contributed by atoms with van der Waals surface area (Å²) < 4.78 is 5.85. The molecule has 0 heterocycles. The lowest BCUT2D eigenvalue weighted by molar-refractivity contribution is -0.144. The van der Waals surface area contributed by atoms with E-state index >= 15 is 0 Å². The van der Waals surface area contributed by atoms with Crippen molar-refractivity contribution in [3.8, 4) is 0 Å². The number of hydrogen-bond acceptors (Lipinski definition) is 3. The third-order valence-electron chi connectivity index (χ3n) is 4.94. The van der Waals surface area contributed by atoms with Crippen molar-refractivity contribution in [2.45, 2.75) is 77.0 Å². The Morgan fingerprint density at radius 3 is 2.68 bits per heavy atom. The van der Waals surface area contributed by atoms with E-state index in [1.54, 1.807) is 0 Å². The SMILES string of the molecule is CCCC(N)C(=O)NC1CC(OCC)C12CCCC2. The molecular weight excluding hydrogens is 240 g/mol. The van der Waals surface area contributed by atoms with Crippen LogP contribution in [0, 0.1) is 5.41 Å². The smallest absolute Gasteiger partial charge is 0.237 e. The Labute approximate surface area is 116 Å². The van der Waals surface area contributed by atoms with Gasteiger partial charge in [0.05, 0.1) is 12.1 Å². The molecule has 2 saturated carbocycles. The molecule has 0 radical (unpaired) electrons. The van der Waals surface area contributed by atoms with Crippen molar-refractivity contribution >= 4 is 5.91 Å². The third-order valence-corrected chi connectivity index (χ3v) is 4.94. The molecule has 0 saturated heterocycles. The lowest BCUT2D eigenvalue weighted by Gasteiger charge is -2.54. The molecular formula is C15H28N2O2. The molecule has 3 N–H and O–H groups in total. The number of hydrogen-bond donors (Lipinski definition) is 2. The minimum absolute atomic E-state index is 0.0214. The predicted octanol–water partition coefficient (Wildman–Crippen LogP) is 1.97. The maximum atomic E-state index is 12.1. The van der Waals surface area contributed by atoms with E-state index in [0.29, 0.717) is 6.10 Å². The van der Waals surface area contributed by atoms with Crippen LogP contribution in [-0.2, 0) is 9.53 Å². The van der Waals surface area contributed by atoms with Crippen molar-refractivity contribution in [2.24, 2.45) is 11.1 Å². The van der Waals surface area contributed by atoms with Crippen molar-refractivity contribution in [1.29, 1.82) is 0 Å². The molecule has 0 aromatic rings. The Hall–Kier alpha value is -0.610. The first kappa shape index (κ1) is 14.8. The van der Waals surface area contributed by atoms with Crippen LogP contribution >= 0.6 is 0 Å². The minimum atomic E-state index is -0.352. The van der Waals surface area contributed by atoms with E-state index in [1.165, 1.54) is 25.7 Å². The van der Waals surface area contributed by atoms with E-state index in [0.717, 1.165) is 25.9 Å². The van der Waals surface area contributed by atoms with Crippen LogP contribution in [-0.4, -0.2) is 30.7 Å². The molecule has 1 spiro atoms. The van der Waals surface area contributed by atoms with Crippen molar-refractivity contribution in [1.82, 2.24) is 5.32 Å². The standard InChI is InChI=1S/C15H28N2O2/c1-3-7-11(16)14(18)17-12-10-13(19-4-2)15(12)8-5-6-9-15/h11-13H,3-10,16H2,1-2H3,(H,17,18). The molecule has 4 nitrogen and oxygen atoms in total. The first-order valence-corrected chi connectivity index (χ1v) is 7.81. The van der Waals surface area contributed by atoms with Crippen LogP contribution in [0.15, 0.2) is 0 Å². The van der Waals surface area contributed by atoms with Gasteiger partial charge in [-0.05, 0) is 32.6 Å². The van der Waals surface area contributed by atoms with Gasteiger partial charge >= 0.3 is 0 Å². The highest BCUT2D eigenvalue weighted by atomic mass is 16.5. The molecule has 2 aliphatic carbocycles. The Balaban J connectivity index is 1.92. The first-order chi connectivity index (χ1) is 9.14. The number of carbonyl (C=O) groups is 1. The van der Waals surface area contributed by atoms with E-state index in [2.05, 4.69) is 12.2 Å². The van der Waals surface area contributed by atoms with Crippen molar-refractivity contribution in [2.75, 3.05) is 6.61 Å². The second kappa shape index (κ2) is 6.23. The van der Waals surface area contributed by atoms with E-state index in [9.17, 15) is 4.79 Å². The monoisotopic (exact) mass is 268 g/mol. The number of amides is 1. The van der Waals surface area contributed by atoms with Crippen LogP contribution in [0.3, 0.4) is 0 Å². The summed E-state index contributed by atoms with van der Waals surface area (Å²) in [6.07, 6.45) is 7.91. The Morgan fingerprint density at radius 1 is 1.42 bits per heavy atom. The number of carbonyl (C=O) groups excluding carboxylic acids is 1. The van der Waals surface area contributed by atoms with Gasteiger partial charge in [0.25, 0.3) is 0 Å². The van der Waals surface area contributed by atoms with Gasteiger partial charge in [-0.15, -0.1) is 0 Å². The summed E-state index contributed by atoms with van der Waals surface area (Å²) in [5.74, 6) is 0.0214. The highest BCUT2D eigenvalue weighted by Gasteiger charge is 2.57. The van der Waals surface area contributed by atoms with Crippen molar-refractivity contribution in [3.63, 3.8) is 0 Å². The van der Waals surface area contributed by atoms with Gasteiger partial charge < -0.3 is 15.8 Å². The third kappa shape index (κ3) is 2.79. The summed E-state index contributed by atoms with van der Waals surface area (Å²) in [6, 6.07) is -0.0726. The normalized spacial score (nSPS) is 30.1. The number of ether oxygens (including phenoxy) is 1. The second-order valence-corrected chi connectivity index (χ2v) is 6.08. The fourth-order valence-electron chi connectivity index (χ4n) is 3.81. The molecule has 3 atom stereocenters. The Morgan fingerprint density at radius 2 is 2.11 bits per heavy atom. The zero-order valence-electron chi connectivity index (χ0n) is 12.3. The molecule has 3 unspecified atom stereocenters. The molecule has 4 heteroatoms. The van der Waals surface area contributed by atoms with Crippen LogP contribution in [0.1, 0.15) is 58.8 Å². The molecule has 0 bridgehead atoms. The summed E-state index contributed by atoms with van der Waals surface area (Å²) in [5, 5.41) is 3.18. The highest BCUT2D eigenvalue weighted by molar-refractivity contribution is 5.82. The van der Waals surface area contributed by atoms with Gasteiger partial charge in [-0.2, -0.15) is 0 Å². The maximum absolute atomic E-state index is 12.1. The number of nitrogens with one attached hydrogen (secondary N) is 1. The average Bonchev–Trinajstić information content (AvgIpc) is 2.90. The number of nitrogens with two attached hydrogens (primary N) is 1. The first-order valence-electron chi connectivity index (χ1n) is 7.81. The molecule has 1 amide bonds. The van der Waals surface area contributed by atoms with Gasteiger partial charge in [0.1, 0.15) is 0 Å². The Bertz CT molecular complexity index is 313. The molecule has 2 aliphatic rings. The van der Waals surface area contributed by atoms with E-state index in [-0.39, 0.29) is 23.4 Å². The molecule has 19 heavy (non-hydrogen) atoms. The molecule has 2 fully saturated rings. The summed E-state index contributed by atoms with van der Waals surface area (Å²) >= 11 is 0. The molecule has 0 aliphatic heterocycles. The summed E-state index contributed by atoms with van der Waals surface area (Å²) in [6.45, 7) is 4.87. The van der Waals surface area contributed by atoms with Gasteiger partial charge in [-0.25, -0.2) is 0 Å². The lowest BCUT2D eigenvalue weighted by Crippen LogP contribution is -2.65. The molecule has 110 valence electrons. The second-order valence-electron chi connectivity index (χ2n) is 6.08. The molecule has 0 aromatic carbocycles. The van der Waals surface area contributed by atoms with Gasteiger partial charge in [0.2, 0.25) is 5.91 Å². The predicted molar refractivity (Wildman–Crippen MR) is 75.7 cm³/mol. The van der Waals surface area contributed by atoms with E-state index < -0.39 is 0 Å². The van der Waals surface area contributed by atoms with Crippen LogP contribution in [0.25, 0.3) is 0 Å². The fraction of sp³-hybridized carbons (Fsp3) is 0.933. The van der Waals surface area contributed by atoms with Crippen LogP contribution < -0.4 is 11.1 Å². The van der Waals surface area contributed by atoms with Crippen LogP contribution in [0.4, 0.5) is 0 Å². The van der Waals surface area contributed by atoms with Crippen molar-refractivity contribution < 1.29 is 9.53 Å². The summed E-state index contributed by atoms with van der Waals surface area (Å²) in [5.41, 5.74) is 6.10. The van der Waals surface area contributed by atoms with E-state index in [1.807, 2.05) is 6.92 Å². The van der Waals surface area contributed by atoms with Crippen molar-refractivity contribution in [3.05, 3.63) is 0 Å². The maximum Gasteiger partial charge on any atom is 0.237 e. The summed E-state index contributed by atoms with van der Waals surface area (Å²) in [7, 11) is 0. The van der Waals surface area contributed by atoms with Gasteiger partial charge in [-0.1, -0.05) is 26.2 Å². The average molecular weight is 268 g/mol. The van der Waals surface area contributed by atoms with E-state index in [4.69, 9.17) is 10.5 Å². The van der Waals surface area contributed by atoms with Gasteiger partial charge in [0, 0.05) is 18.1 Å². The van der Waals surface area contributed by atoms with Gasteiger partial charge in [-0.3, -0.25) is 4.79 Å². The van der Waals surface area contributed by atoms with Crippen LogP contribution in [0.2, 0.25) is 0 Å². The lowest BCUT2D eigenvalue weighted by atomic mass is 9.60. The quantitative estimate of drug-likeness (QED) is 0.774. The Kier molecular flexibility index (Phi) is 4.85. The minimum Gasteiger partial charge on any atom is -0.378 e. The summed E-state index contributed by atoms with van der Waals surface area (Å²) in [4.78, 5) is 12.1. The van der Waals surface area contributed by atoms with Crippen LogP contribution in [0.5, 0.6) is 0 Å². The molecule has 2 rings (SSSR count). The number of rotatable bonds is 6. The fourth-order valence-corrected chi connectivity index (χ4v) is 3.81. The topological polar surface area (TPSA) is 64.4 Å². The zero-order chi connectivity index (χ0) is 13.9. The highest BCUT2D eigenvalue weighted by Crippen LogP contribution is 2.54.